The normalized spacial score (nSPS) is 16.3. The molecule has 1 aliphatic carbocycles. The molecule has 1 fully saturated rings. The third-order valence-electron chi connectivity index (χ3n) is 3.76. The van der Waals surface area contributed by atoms with E-state index in [4.69, 9.17) is 0 Å². The van der Waals surface area contributed by atoms with Gasteiger partial charge >= 0.3 is 0 Å². The molecule has 19 heavy (non-hydrogen) atoms. The maximum atomic E-state index is 11.2. The summed E-state index contributed by atoms with van der Waals surface area (Å²) >= 11 is 0. The molecule has 4 nitrogen and oxygen atoms in total. The molecule has 0 radical (unpaired) electrons. The smallest absolute Gasteiger partial charge is 0.153 e. The zero-order chi connectivity index (χ0) is 13.4. The van der Waals surface area contributed by atoms with Gasteiger partial charge in [0.25, 0.3) is 0 Å². The molecule has 3 rings (SSSR count). The molecule has 0 aromatic carbocycles. The minimum absolute atomic E-state index is 0.366. The lowest BCUT2D eigenvalue weighted by Gasteiger charge is -2.09. The van der Waals surface area contributed by atoms with Gasteiger partial charge in [0.05, 0.1) is 11.6 Å². The van der Waals surface area contributed by atoms with Crippen molar-refractivity contribution in [1.29, 1.82) is 0 Å². The average molecular weight is 255 g/mol. The van der Waals surface area contributed by atoms with Gasteiger partial charge in [-0.2, -0.15) is 5.10 Å². The number of pyridine rings is 1. The van der Waals surface area contributed by atoms with Gasteiger partial charge in [0.2, 0.25) is 0 Å². The maximum absolute atomic E-state index is 11.2. The second kappa shape index (κ2) is 4.61. The fourth-order valence-corrected chi connectivity index (χ4v) is 2.40. The van der Waals surface area contributed by atoms with Crippen LogP contribution >= 0.6 is 0 Å². The summed E-state index contributed by atoms with van der Waals surface area (Å²) < 4.78 is 1.93. The van der Waals surface area contributed by atoms with Crippen molar-refractivity contribution in [2.24, 2.45) is 5.92 Å². The van der Waals surface area contributed by atoms with Gasteiger partial charge in [-0.05, 0) is 44.2 Å². The molecule has 0 bridgehead atoms. The molecule has 0 N–H and O–H groups in total. The largest absolute Gasteiger partial charge is 0.298 e. The van der Waals surface area contributed by atoms with Crippen LogP contribution in [0.1, 0.15) is 41.7 Å². The highest BCUT2D eigenvalue weighted by atomic mass is 16.1. The number of hydrogen-bond donors (Lipinski definition) is 0. The summed E-state index contributed by atoms with van der Waals surface area (Å²) in [6, 6.07) is 2.37. The maximum Gasteiger partial charge on any atom is 0.153 e. The van der Waals surface area contributed by atoms with Crippen LogP contribution in [0.15, 0.2) is 24.7 Å². The van der Waals surface area contributed by atoms with Crippen molar-refractivity contribution in [1.82, 2.24) is 14.8 Å². The number of carbonyl (C=O) groups is 1. The van der Waals surface area contributed by atoms with E-state index in [-0.39, 0.29) is 0 Å². The van der Waals surface area contributed by atoms with Crippen molar-refractivity contribution < 1.29 is 4.79 Å². The van der Waals surface area contributed by atoms with Crippen molar-refractivity contribution in [2.75, 3.05) is 0 Å². The first-order chi connectivity index (χ1) is 9.19. The molecular formula is C15H17N3O. The van der Waals surface area contributed by atoms with Crippen LogP contribution in [0, 0.1) is 12.8 Å². The summed E-state index contributed by atoms with van der Waals surface area (Å²) in [6.07, 6.45) is 8.81. The molecule has 0 spiro atoms. The molecule has 1 atom stereocenters. The summed E-state index contributed by atoms with van der Waals surface area (Å²) in [6.45, 7) is 4.15. The van der Waals surface area contributed by atoms with E-state index < -0.39 is 0 Å². The Balaban J connectivity index is 2.02. The van der Waals surface area contributed by atoms with Gasteiger partial charge in [-0.3, -0.25) is 14.5 Å². The molecule has 0 aliphatic heterocycles. The van der Waals surface area contributed by atoms with Crippen LogP contribution in [0.3, 0.4) is 0 Å². The van der Waals surface area contributed by atoms with E-state index in [0.717, 1.165) is 23.1 Å². The number of aldehydes is 1. The van der Waals surface area contributed by atoms with Crippen molar-refractivity contribution in [3.63, 3.8) is 0 Å². The lowest BCUT2D eigenvalue weighted by molar-refractivity contribution is 0.112. The summed E-state index contributed by atoms with van der Waals surface area (Å²) in [5, 5.41) is 4.60. The molecule has 0 saturated heterocycles. The third kappa shape index (κ3) is 2.30. The van der Waals surface area contributed by atoms with Crippen LogP contribution in [-0.4, -0.2) is 21.1 Å². The van der Waals surface area contributed by atoms with Crippen LogP contribution < -0.4 is 0 Å². The minimum atomic E-state index is 0.366. The Morgan fingerprint density at radius 1 is 1.42 bits per heavy atom. The molecular weight excluding hydrogens is 238 g/mol. The Labute approximate surface area is 112 Å². The van der Waals surface area contributed by atoms with E-state index in [0.29, 0.717) is 17.5 Å². The fourth-order valence-electron chi connectivity index (χ4n) is 2.40. The monoisotopic (exact) mass is 255 g/mol. The Bertz CT molecular complexity index is 614. The van der Waals surface area contributed by atoms with E-state index in [9.17, 15) is 4.79 Å². The number of aryl methyl sites for hydroxylation is 1. The van der Waals surface area contributed by atoms with E-state index in [1.165, 1.54) is 12.8 Å². The van der Waals surface area contributed by atoms with Gasteiger partial charge < -0.3 is 0 Å². The molecule has 98 valence electrons. The third-order valence-corrected chi connectivity index (χ3v) is 3.76. The summed E-state index contributed by atoms with van der Waals surface area (Å²) in [5.74, 6) is 0.711. The van der Waals surface area contributed by atoms with Gasteiger partial charge in [0.1, 0.15) is 5.69 Å². The summed E-state index contributed by atoms with van der Waals surface area (Å²) in [4.78, 5) is 15.4. The molecule has 2 aromatic rings. The van der Waals surface area contributed by atoms with Gasteiger partial charge in [-0.25, -0.2) is 0 Å². The standard InChI is InChI=1S/C15H17N3O/c1-10-5-13(7-16-6-10)15-14(9-19)8-18(17-15)11(2)12-3-4-12/h5-9,11-12H,3-4H2,1-2H3. The zero-order valence-electron chi connectivity index (χ0n) is 11.2. The highest BCUT2D eigenvalue weighted by Gasteiger charge is 2.30. The second-order valence-corrected chi connectivity index (χ2v) is 5.36. The summed E-state index contributed by atoms with van der Waals surface area (Å²) in [5.41, 5.74) is 3.35. The van der Waals surface area contributed by atoms with Crippen molar-refractivity contribution in [3.8, 4) is 11.3 Å². The van der Waals surface area contributed by atoms with E-state index in [1.54, 1.807) is 12.4 Å². The van der Waals surface area contributed by atoms with Crippen molar-refractivity contribution in [2.45, 2.75) is 32.7 Å². The van der Waals surface area contributed by atoms with Crippen molar-refractivity contribution >= 4 is 6.29 Å². The SMILES string of the molecule is Cc1cncc(-c2nn(C(C)C3CC3)cc2C=O)c1. The molecule has 0 amide bonds. The van der Waals surface area contributed by atoms with Gasteiger partial charge in [0.15, 0.2) is 6.29 Å². The Kier molecular flexibility index (Phi) is 2.93. The highest BCUT2D eigenvalue weighted by Crippen LogP contribution is 2.39. The van der Waals surface area contributed by atoms with Crippen LogP contribution in [0.4, 0.5) is 0 Å². The second-order valence-electron chi connectivity index (χ2n) is 5.36. The predicted octanol–water partition coefficient (Wildman–Crippen LogP) is 3.04. The average Bonchev–Trinajstić information content (AvgIpc) is 3.16. The molecule has 2 heterocycles. The number of carbonyl (C=O) groups excluding carboxylic acids is 1. The fraction of sp³-hybridized carbons (Fsp3) is 0.400. The number of hydrogen-bond acceptors (Lipinski definition) is 3. The molecule has 1 saturated carbocycles. The molecule has 1 aliphatic rings. The Morgan fingerprint density at radius 2 is 2.21 bits per heavy atom. The molecule has 4 heteroatoms. The van der Waals surface area contributed by atoms with E-state index in [1.807, 2.05) is 23.9 Å². The lowest BCUT2D eigenvalue weighted by atomic mass is 10.1. The van der Waals surface area contributed by atoms with Gasteiger partial charge in [-0.15, -0.1) is 0 Å². The highest BCUT2D eigenvalue weighted by molar-refractivity contribution is 5.85. The Hall–Kier alpha value is -1.97. The molecule has 2 aromatic heterocycles. The lowest BCUT2D eigenvalue weighted by Crippen LogP contribution is -2.07. The first-order valence-electron chi connectivity index (χ1n) is 6.65. The van der Waals surface area contributed by atoms with Crippen LogP contribution in [0.2, 0.25) is 0 Å². The van der Waals surface area contributed by atoms with Crippen molar-refractivity contribution in [3.05, 3.63) is 35.8 Å². The van der Waals surface area contributed by atoms with E-state index >= 15 is 0 Å². The van der Waals surface area contributed by atoms with Gasteiger partial charge in [-0.1, -0.05) is 0 Å². The Morgan fingerprint density at radius 3 is 2.84 bits per heavy atom. The number of rotatable bonds is 4. The zero-order valence-corrected chi connectivity index (χ0v) is 11.2. The van der Waals surface area contributed by atoms with Crippen LogP contribution in [0.25, 0.3) is 11.3 Å². The molecule has 1 unspecified atom stereocenters. The van der Waals surface area contributed by atoms with Gasteiger partial charge in [0, 0.05) is 24.2 Å². The topological polar surface area (TPSA) is 47.8 Å². The van der Waals surface area contributed by atoms with E-state index in [2.05, 4.69) is 17.0 Å². The predicted molar refractivity (Wildman–Crippen MR) is 73.0 cm³/mol. The van der Waals surface area contributed by atoms with Crippen LogP contribution in [-0.2, 0) is 0 Å². The summed E-state index contributed by atoms with van der Waals surface area (Å²) in [7, 11) is 0. The first kappa shape index (κ1) is 12.1. The first-order valence-corrected chi connectivity index (χ1v) is 6.65. The van der Waals surface area contributed by atoms with Crippen LogP contribution in [0.5, 0.6) is 0 Å². The quantitative estimate of drug-likeness (QED) is 0.789. The minimum Gasteiger partial charge on any atom is -0.298 e. The number of aromatic nitrogens is 3. The number of nitrogens with zero attached hydrogens (tertiary/aromatic N) is 3.